The van der Waals surface area contributed by atoms with Crippen molar-refractivity contribution >= 4 is 21.8 Å². The Bertz CT molecular complexity index is 222. The molecule has 0 atom stereocenters. The molecular weight excluding hydrogens is 212 g/mol. The summed E-state index contributed by atoms with van der Waals surface area (Å²) in [5.41, 5.74) is 0.311. The predicted molar refractivity (Wildman–Crippen MR) is 42.6 cm³/mol. The second kappa shape index (κ2) is 4.12. The van der Waals surface area contributed by atoms with E-state index in [9.17, 15) is 4.79 Å². The molecule has 0 radical (unpaired) electrons. The number of nitrogens with zero attached hydrogens (tertiary/aromatic N) is 1. The Kier molecular flexibility index (Phi) is 3.10. The van der Waals surface area contributed by atoms with Crippen LogP contribution in [-0.2, 0) is 0 Å². The zero-order valence-corrected chi connectivity index (χ0v) is 7.30. The van der Waals surface area contributed by atoms with Gasteiger partial charge in [0.05, 0.1) is 0 Å². The second-order valence-electron chi connectivity index (χ2n) is 1.83. The lowest BCUT2D eigenvalue weighted by atomic mass is 10.4. The molecule has 1 amide bonds. The van der Waals surface area contributed by atoms with Crippen molar-refractivity contribution in [2.45, 2.75) is 0 Å². The van der Waals surface area contributed by atoms with E-state index in [1.807, 2.05) is 0 Å². The third-order valence-corrected chi connectivity index (χ3v) is 1.45. The zero-order chi connectivity index (χ0) is 8.10. The number of hydrogen-bond donors (Lipinski definition) is 1. The van der Waals surface area contributed by atoms with E-state index in [1.54, 1.807) is 0 Å². The van der Waals surface area contributed by atoms with Crippen molar-refractivity contribution in [3.8, 4) is 0 Å². The molecule has 4 nitrogen and oxygen atoms in total. The topological polar surface area (TPSA) is 55.1 Å². The van der Waals surface area contributed by atoms with Crippen molar-refractivity contribution in [3.63, 3.8) is 0 Å². The van der Waals surface area contributed by atoms with Crippen LogP contribution in [0.15, 0.2) is 16.9 Å². The summed E-state index contributed by atoms with van der Waals surface area (Å²) in [4.78, 5) is 11.0. The van der Waals surface area contributed by atoms with Crippen LogP contribution in [0.25, 0.3) is 0 Å². The summed E-state index contributed by atoms with van der Waals surface area (Å²) in [6, 6.07) is 1.52. The van der Waals surface area contributed by atoms with Gasteiger partial charge in [-0.1, -0.05) is 21.1 Å². The molecule has 0 aliphatic carbocycles. The van der Waals surface area contributed by atoms with Gasteiger partial charge in [0, 0.05) is 17.9 Å². The van der Waals surface area contributed by atoms with Gasteiger partial charge in [-0.2, -0.15) is 0 Å². The van der Waals surface area contributed by atoms with E-state index in [0.29, 0.717) is 12.2 Å². The van der Waals surface area contributed by atoms with Crippen LogP contribution < -0.4 is 5.32 Å². The van der Waals surface area contributed by atoms with Crippen LogP contribution in [0, 0.1) is 0 Å². The Hall–Kier alpha value is -0.840. The first-order valence-electron chi connectivity index (χ1n) is 3.09. The summed E-state index contributed by atoms with van der Waals surface area (Å²) in [5.74, 6) is -0.210. The lowest BCUT2D eigenvalue weighted by Gasteiger charge is -1.96. The van der Waals surface area contributed by atoms with Gasteiger partial charge in [0.1, 0.15) is 6.26 Å². The molecule has 0 aromatic carbocycles. The number of alkyl halides is 1. The Morgan fingerprint density at radius 3 is 3.18 bits per heavy atom. The molecule has 0 saturated carbocycles. The van der Waals surface area contributed by atoms with Crippen molar-refractivity contribution < 1.29 is 9.32 Å². The Labute approximate surface area is 72.1 Å². The lowest BCUT2D eigenvalue weighted by molar-refractivity contribution is 0.0947. The van der Waals surface area contributed by atoms with E-state index >= 15 is 0 Å². The highest BCUT2D eigenvalue weighted by Gasteiger charge is 2.06. The molecular formula is C6H7BrN2O2. The maximum Gasteiger partial charge on any atom is 0.273 e. The molecule has 11 heavy (non-hydrogen) atoms. The van der Waals surface area contributed by atoms with Gasteiger partial charge in [-0.05, 0) is 0 Å². The minimum Gasteiger partial charge on any atom is -0.364 e. The summed E-state index contributed by atoms with van der Waals surface area (Å²) in [5, 5.41) is 6.83. The van der Waals surface area contributed by atoms with E-state index in [4.69, 9.17) is 0 Å². The fourth-order valence-corrected chi connectivity index (χ4v) is 0.779. The molecule has 0 unspecified atom stereocenters. The van der Waals surface area contributed by atoms with Gasteiger partial charge in [0.2, 0.25) is 0 Å². The van der Waals surface area contributed by atoms with E-state index < -0.39 is 0 Å². The third-order valence-electron chi connectivity index (χ3n) is 1.05. The first-order chi connectivity index (χ1) is 5.34. The van der Waals surface area contributed by atoms with Crippen LogP contribution in [0.1, 0.15) is 10.5 Å². The van der Waals surface area contributed by atoms with Crippen LogP contribution in [0.5, 0.6) is 0 Å². The van der Waals surface area contributed by atoms with Gasteiger partial charge in [-0.15, -0.1) is 0 Å². The molecule has 0 bridgehead atoms. The normalized spacial score (nSPS) is 9.55. The molecule has 1 aromatic rings. The number of carbonyl (C=O) groups is 1. The monoisotopic (exact) mass is 218 g/mol. The van der Waals surface area contributed by atoms with E-state index in [-0.39, 0.29) is 5.91 Å². The molecule has 1 heterocycles. The fourth-order valence-electron chi connectivity index (χ4n) is 0.581. The fraction of sp³-hybridized carbons (Fsp3) is 0.333. The molecule has 0 saturated heterocycles. The largest absolute Gasteiger partial charge is 0.364 e. The smallest absolute Gasteiger partial charge is 0.273 e. The highest BCUT2D eigenvalue weighted by atomic mass is 79.9. The molecule has 60 valence electrons. The quantitative estimate of drug-likeness (QED) is 0.765. The minimum absolute atomic E-state index is 0.210. The summed E-state index contributed by atoms with van der Waals surface area (Å²) >= 11 is 3.18. The Morgan fingerprint density at radius 1 is 1.82 bits per heavy atom. The van der Waals surface area contributed by atoms with Crippen molar-refractivity contribution in [1.82, 2.24) is 10.5 Å². The maximum atomic E-state index is 11.0. The van der Waals surface area contributed by atoms with Crippen LogP contribution in [-0.4, -0.2) is 22.9 Å². The molecule has 1 N–H and O–H groups in total. The van der Waals surface area contributed by atoms with Crippen molar-refractivity contribution in [2.24, 2.45) is 0 Å². The molecule has 0 fully saturated rings. The van der Waals surface area contributed by atoms with Gasteiger partial charge in [0.25, 0.3) is 5.91 Å². The zero-order valence-electron chi connectivity index (χ0n) is 5.71. The number of carbonyl (C=O) groups excluding carboxylic acids is 1. The molecule has 1 rings (SSSR count). The first-order valence-corrected chi connectivity index (χ1v) is 4.21. The first kappa shape index (κ1) is 8.26. The average molecular weight is 219 g/mol. The van der Waals surface area contributed by atoms with E-state index in [2.05, 4.69) is 30.9 Å². The van der Waals surface area contributed by atoms with E-state index in [1.165, 1.54) is 12.3 Å². The maximum absolute atomic E-state index is 11.0. The molecule has 0 spiro atoms. The third kappa shape index (κ3) is 2.34. The van der Waals surface area contributed by atoms with Crippen LogP contribution in [0.2, 0.25) is 0 Å². The molecule has 0 aliphatic heterocycles. The highest BCUT2D eigenvalue weighted by Crippen LogP contribution is 1.92. The second-order valence-corrected chi connectivity index (χ2v) is 2.62. The van der Waals surface area contributed by atoms with Gasteiger partial charge < -0.3 is 9.84 Å². The van der Waals surface area contributed by atoms with Crippen LogP contribution >= 0.6 is 15.9 Å². The van der Waals surface area contributed by atoms with E-state index in [0.717, 1.165) is 5.33 Å². The Balaban J connectivity index is 2.43. The highest BCUT2D eigenvalue weighted by molar-refractivity contribution is 9.09. The summed E-state index contributed by atoms with van der Waals surface area (Å²) in [7, 11) is 0. The minimum atomic E-state index is -0.210. The van der Waals surface area contributed by atoms with Crippen molar-refractivity contribution in [3.05, 3.63) is 18.0 Å². The van der Waals surface area contributed by atoms with Crippen molar-refractivity contribution in [2.75, 3.05) is 11.9 Å². The molecule has 1 aromatic heterocycles. The number of nitrogens with one attached hydrogen (secondary N) is 1. The molecule has 5 heteroatoms. The summed E-state index contributed by atoms with van der Waals surface area (Å²) in [6.45, 7) is 0.589. The number of halogens is 1. The number of amides is 1. The van der Waals surface area contributed by atoms with Crippen LogP contribution in [0.4, 0.5) is 0 Å². The average Bonchev–Trinajstić information content (AvgIpc) is 2.52. The molecule has 0 aliphatic rings. The van der Waals surface area contributed by atoms with Crippen molar-refractivity contribution in [1.29, 1.82) is 0 Å². The van der Waals surface area contributed by atoms with Gasteiger partial charge >= 0.3 is 0 Å². The number of rotatable bonds is 3. The lowest BCUT2D eigenvalue weighted by Crippen LogP contribution is -2.25. The van der Waals surface area contributed by atoms with Gasteiger partial charge in [0.15, 0.2) is 5.69 Å². The summed E-state index contributed by atoms with van der Waals surface area (Å²) < 4.78 is 4.49. The Morgan fingerprint density at radius 2 is 2.64 bits per heavy atom. The van der Waals surface area contributed by atoms with Gasteiger partial charge in [-0.3, -0.25) is 4.79 Å². The predicted octanol–water partition coefficient (Wildman–Crippen LogP) is 0.799. The van der Waals surface area contributed by atoms with Gasteiger partial charge in [-0.25, -0.2) is 0 Å². The number of aromatic nitrogens is 1. The standard InChI is InChI=1S/C6H7BrN2O2/c7-2-3-8-6(10)5-1-4-11-9-5/h1,4H,2-3H2,(H,8,10). The number of hydrogen-bond acceptors (Lipinski definition) is 3. The SMILES string of the molecule is O=C(NCCBr)c1ccon1. The summed E-state index contributed by atoms with van der Waals surface area (Å²) in [6.07, 6.45) is 1.36. The van der Waals surface area contributed by atoms with Crippen LogP contribution in [0.3, 0.4) is 0 Å².